The SMILES string of the molecule is CCCCc1cc(CCC=O)n(-c2ccc(OC)cc2)n1. The van der Waals surface area contributed by atoms with E-state index >= 15 is 0 Å². The van der Waals surface area contributed by atoms with Crippen molar-refractivity contribution >= 4 is 6.29 Å². The lowest BCUT2D eigenvalue weighted by Crippen LogP contribution is -2.03. The highest BCUT2D eigenvalue weighted by atomic mass is 16.5. The molecule has 0 aliphatic heterocycles. The first-order valence-electron chi connectivity index (χ1n) is 7.44. The highest BCUT2D eigenvalue weighted by Crippen LogP contribution is 2.18. The third-order valence-electron chi connectivity index (χ3n) is 3.46. The van der Waals surface area contributed by atoms with E-state index in [1.807, 2.05) is 28.9 Å². The van der Waals surface area contributed by atoms with Gasteiger partial charge < -0.3 is 9.53 Å². The molecule has 0 amide bonds. The second kappa shape index (κ2) is 7.62. The van der Waals surface area contributed by atoms with Crippen molar-refractivity contribution in [2.45, 2.75) is 39.0 Å². The van der Waals surface area contributed by atoms with Crippen LogP contribution in [0.15, 0.2) is 30.3 Å². The van der Waals surface area contributed by atoms with Gasteiger partial charge >= 0.3 is 0 Å². The summed E-state index contributed by atoms with van der Waals surface area (Å²) in [6.45, 7) is 2.17. The van der Waals surface area contributed by atoms with Crippen molar-refractivity contribution in [1.82, 2.24) is 9.78 Å². The van der Waals surface area contributed by atoms with E-state index in [-0.39, 0.29) is 0 Å². The van der Waals surface area contributed by atoms with Crippen molar-refractivity contribution in [2.75, 3.05) is 7.11 Å². The van der Waals surface area contributed by atoms with Gasteiger partial charge in [0.15, 0.2) is 0 Å². The molecule has 112 valence electrons. The van der Waals surface area contributed by atoms with Crippen LogP contribution in [0.4, 0.5) is 0 Å². The van der Waals surface area contributed by atoms with Gasteiger partial charge in [0.2, 0.25) is 0 Å². The molecule has 0 N–H and O–H groups in total. The Hall–Kier alpha value is -2.10. The zero-order valence-corrected chi connectivity index (χ0v) is 12.7. The number of unbranched alkanes of at least 4 members (excludes halogenated alkanes) is 1. The van der Waals surface area contributed by atoms with Gasteiger partial charge in [0.25, 0.3) is 0 Å². The van der Waals surface area contributed by atoms with Crippen LogP contribution in [0.2, 0.25) is 0 Å². The van der Waals surface area contributed by atoms with Crippen LogP contribution >= 0.6 is 0 Å². The van der Waals surface area contributed by atoms with Gasteiger partial charge in [-0.15, -0.1) is 0 Å². The number of hydrogen-bond acceptors (Lipinski definition) is 3. The molecule has 0 saturated heterocycles. The topological polar surface area (TPSA) is 44.1 Å². The Morgan fingerprint density at radius 1 is 1.24 bits per heavy atom. The molecular formula is C17H22N2O2. The van der Waals surface area contributed by atoms with E-state index in [0.717, 1.165) is 48.4 Å². The van der Waals surface area contributed by atoms with Crippen LogP contribution in [0, 0.1) is 0 Å². The summed E-state index contributed by atoms with van der Waals surface area (Å²) in [6.07, 6.45) is 5.46. The molecule has 0 radical (unpaired) electrons. The van der Waals surface area contributed by atoms with Crippen molar-refractivity contribution in [2.24, 2.45) is 0 Å². The molecule has 0 aliphatic carbocycles. The molecule has 1 aromatic carbocycles. The molecule has 0 fully saturated rings. The van der Waals surface area contributed by atoms with Gasteiger partial charge in [-0.25, -0.2) is 4.68 Å². The van der Waals surface area contributed by atoms with Crippen LogP contribution in [-0.2, 0) is 17.6 Å². The normalized spacial score (nSPS) is 10.6. The van der Waals surface area contributed by atoms with Crippen molar-refractivity contribution in [1.29, 1.82) is 0 Å². The molecule has 0 bridgehead atoms. The molecule has 4 nitrogen and oxygen atoms in total. The predicted molar refractivity (Wildman–Crippen MR) is 83.1 cm³/mol. The molecule has 0 atom stereocenters. The Balaban J connectivity index is 2.28. The minimum atomic E-state index is 0.523. The highest BCUT2D eigenvalue weighted by molar-refractivity contribution is 5.50. The standard InChI is InChI=1S/C17H22N2O2/c1-3-4-6-14-13-16(7-5-12-20)19(18-14)15-8-10-17(21-2)11-9-15/h8-13H,3-7H2,1-2H3. The average Bonchev–Trinajstić information content (AvgIpc) is 2.94. The number of carbonyl (C=O) groups is 1. The minimum absolute atomic E-state index is 0.523. The third-order valence-corrected chi connectivity index (χ3v) is 3.46. The molecule has 1 aromatic heterocycles. The maximum Gasteiger partial charge on any atom is 0.120 e. The summed E-state index contributed by atoms with van der Waals surface area (Å²) in [6, 6.07) is 9.93. The fraction of sp³-hybridized carbons (Fsp3) is 0.412. The van der Waals surface area contributed by atoms with E-state index in [2.05, 4.69) is 18.1 Å². The molecule has 0 saturated carbocycles. The summed E-state index contributed by atoms with van der Waals surface area (Å²) in [5.74, 6) is 0.826. The molecule has 2 aromatic rings. The number of nitrogens with zero attached hydrogens (tertiary/aromatic N) is 2. The first-order chi connectivity index (χ1) is 10.3. The monoisotopic (exact) mass is 286 g/mol. The second-order valence-electron chi connectivity index (χ2n) is 5.05. The molecular weight excluding hydrogens is 264 g/mol. The summed E-state index contributed by atoms with van der Waals surface area (Å²) >= 11 is 0. The average molecular weight is 286 g/mol. The molecule has 4 heteroatoms. The number of ether oxygens (including phenoxy) is 1. The third kappa shape index (κ3) is 3.94. The zero-order valence-electron chi connectivity index (χ0n) is 12.7. The molecule has 0 unspecified atom stereocenters. The molecule has 0 spiro atoms. The Bertz CT molecular complexity index is 573. The fourth-order valence-electron chi connectivity index (χ4n) is 2.29. The lowest BCUT2D eigenvalue weighted by Gasteiger charge is -2.07. The van der Waals surface area contributed by atoms with Crippen LogP contribution in [0.25, 0.3) is 5.69 Å². The number of benzene rings is 1. The van der Waals surface area contributed by atoms with E-state index in [9.17, 15) is 4.79 Å². The lowest BCUT2D eigenvalue weighted by molar-refractivity contribution is -0.107. The number of methoxy groups -OCH3 is 1. The largest absolute Gasteiger partial charge is 0.497 e. The van der Waals surface area contributed by atoms with Crippen LogP contribution in [0.5, 0.6) is 5.75 Å². The Morgan fingerprint density at radius 2 is 2.00 bits per heavy atom. The smallest absolute Gasteiger partial charge is 0.120 e. The lowest BCUT2D eigenvalue weighted by atomic mass is 10.1. The van der Waals surface area contributed by atoms with E-state index in [1.165, 1.54) is 0 Å². The van der Waals surface area contributed by atoms with Gasteiger partial charge in [0.05, 0.1) is 18.5 Å². The van der Waals surface area contributed by atoms with Crippen molar-refractivity contribution in [3.63, 3.8) is 0 Å². The molecule has 0 aliphatic rings. The highest BCUT2D eigenvalue weighted by Gasteiger charge is 2.09. The van der Waals surface area contributed by atoms with Crippen LogP contribution < -0.4 is 4.74 Å². The maximum absolute atomic E-state index is 10.6. The van der Waals surface area contributed by atoms with Gasteiger partial charge in [0, 0.05) is 12.1 Å². The van der Waals surface area contributed by atoms with Crippen molar-refractivity contribution < 1.29 is 9.53 Å². The first-order valence-corrected chi connectivity index (χ1v) is 7.44. The number of carbonyl (C=O) groups excluding carboxylic acids is 1. The Labute approximate surface area is 125 Å². The zero-order chi connectivity index (χ0) is 15.1. The van der Waals surface area contributed by atoms with Crippen molar-refractivity contribution in [3.8, 4) is 11.4 Å². The number of hydrogen-bond donors (Lipinski definition) is 0. The number of aromatic nitrogens is 2. The summed E-state index contributed by atoms with van der Waals surface area (Å²) in [4.78, 5) is 10.6. The first kappa shape index (κ1) is 15.3. The summed E-state index contributed by atoms with van der Waals surface area (Å²) in [7, 11) is 1.65. The predicted octanol–water partition coefficient (Wildman–Crippen LogP) is 3.36. The van der Waals surface area contributed by atoms with E-state index in [0.29, 0.717) is 12.8 Å². The van der Waals surface area contributed by atoms with E-state index in [4.69, 9.17) is 4.74 Å². The van der Waals surface area contributed by atoms with E-state index in [1.54, 1.807) is 7.11 Å². The summed E-state index contributed by atoms with van der Waals surface area (Å²) in [5.41, 5.74) is 3.17. The number of rotatable bonds is 8. The van der Waals surface area contributed by atoms with Gasteiger partial charge in [-0.05, 0) is 49.6 Å². The van der Waals surface area contributed by atoms with Crippen molar-refractivity contribution in [3.05, 3.63) is 41.7 Å². The van der Waals surface area contributed by atoms with Gasteiger partial charge in [-0.2, -0.15) is 5.10 Å². The summed E-state index contributed by atoms with van der Waals surface area (Å²) in [5, 5.41) is 4.69. The Kier molecular flexibility index (Phi) is 5.55. The quantitative estimate of drug-likeness (QED) is 0.699. The van der Waals surface area contributed by atoms with E-state index < -0.39 is 0 Å². The van der Waals surface area contributed by atoms with Gasteiger partial charge in [-0.1, -0.05) is 13.3 Å². The molecule has 2 rings (SSSR count). The maximum atomic E-state index is 10.6. The van der Waals surface area contributed by atoms with Crippen LogP contribution in [0.1, 0.15) is 37.6 Å². The minimum Gasteiger partial charge on any atom is -0.497 e. The fourth-order valence-corrected chi connectivity index (χ4v) is 2.29. The summed E-state index contributed by atoms with van der Waals surface area (Å²) < 4.78 is 7.12. The Morgan fingerprint density at radius 3 is 2.62 bits per heavy atom. The van der Waals surface area contributed by atoms with Crippen LogP contribution in [0.3, 0.4) is 0 Å². The number of aryl methyl sites for hydroxylation is 2. The second-order valence-corrected chi connectivity index (χ2v) is 5.05. The van der Waals surface area contributed by atoms with Crippen LogP contribution in [-0.4, -0.2) is 23.2 Å². The molecule has 1 heterocycles. The molecule has 21 heavy (non-hydrogen) atoms. The number of aldehydes is 1. The van der Waals surface area contributed by atoms with Gasteiger partial charge in [-0.3, -0.25) is 0 Å². The van der Waals surface area contributed by atoms with Gasteiger partial charge in [0.1, 0.15) is 12.0 Å².